The number of ether oxygens (including phenoxy) is 2. The molecule has 6 nitrogen and oxygen atoms in total. The second-order valence-corrected chi connectivity index (χ2v) is 6.03. The van der Waals surface area contributed by atoms with E-state index in [-0.39, 0.29) is 6.61 Å². The highest BCUT2D eigenvalue weighted by Gasteiger charge is 2.18. The highest BCUT2D eigenvalue weighted by Crippen LogP contribution is 2.16. The van der Waals surface area contributed by atoms with E-state index < -0.39 is 18.0 Å². The van der Waals surface area contributed by atoms with E-state index in [9.17, 15) is 9.59 Å². The predicted octanol–water partition coefficient (Wildman–Crippen LogP) is 3.30. The van der Waals surface area contributed by atoms with Crippen LogP contribution in [-0.4, -0.2) is 29.6 Å². The summed E-state index contributed by atoms with van der Waals surface area (Å²) in [5.74, 6) is -0.221. The van der Waals surface area contributed by atoms with Gasteiger partial charge < -0.3 is 14.8 Å². The molecule has 1 amide bonds. The predicted molar refractivity (Wildman–Crippen MR) is 94.8 cm³/mol. The van der Waals surface area contributed by atoms with E-state index in [2.05, 4.69) is 10.3 Å². The van der Waals surface area contributed by atoms with E-state index in [4.69, 9.17) is 21.1 Å². The Morgan fingerprint density at radius 1 is 1.20 bits per heavy atom. The molecule has 0 bridgehead atoms. The Bertz CT molecular complexity index is 742. The Hall–Kier alpha value is -2.60. The molecule has 0 unspecified atom stereocenters. The molecule has 1 N–H and O–H groups in total. The number of carbonyl (C=O) groups is 2. The van der Waals surface area contributed by atoms with E-state index in [0.29, 0.717) is 16.6 Å². The van der Waals surface area contributed by atoms with Gasteiger partial charge in [-0.05, 0) is 56.2 Å². The third kappa shape index (κ3) is 6.08. The molecule has 1 atom stereocenters. The minimum Gasteiger partial charge on any atom is -0.482 e. The number of carbonyl (C=O) groups excluding carboxylic acids is 2. The zero-order valence-electron chi connectivity index (χ0n) is 14.2. The smallest absolute Gasteiger partial charge is 0.344 e. The monoisotopic (exact) mass is 362 g/mol. The first-order chi connectivity index (χ1) is 11.8. The molecular formula is C18H19ClN2O4. The van der Waals surface area contributed by atoms with Crippen molar-refractivity contribution in [3.8, 4) is 5.75 Å². The summed E-state index contributed by atoms with van der Waals surface area (Å²) in [5, 5.41) is 3.00. The zero-order chi connectivity index (χ0) is 18.4. The zero-order valence-corrected chi connectivity index (χ0v) is 15.0. The van der Waals surface area contributed by atoms with E-state index >= 15 is 0 Å². The summed E-state index contributed by atoms with van der Waals surface area (Å²) in [6.45, 7) is 5.07. The molecule has 1 aromatic heterocycles. The second-order valence-electron chi connectivity index (χ2n) is 5.60. The Morgan fingerprint density at radius 3 is 2.48 bits per heavy atom. The summed E-state index contributed by atoms with van der Waals surface area (Å²) >= 11 is 5.73. The molecule has 0 radical (unpaired) electrons. The summed E-state index contributed by atoms with van der Waals surface area (Å²) < 4.78 is 10.5. The van der Waals surface area contributed by atoms with Gasteiger partial charge in [0.2, 0.25) is 0 Å². The molecule has 0 saturated carbocycles. The maximum atomic E-state index is 12.0. The van der Waals surface area contributed by atoms with Gasteiger partial charge in [0.1, 0.15) is 11.6 Å². The van der Waals surface area contributed by atoms with Crippen LogP contribution in [-0.2, 0) is 14.3 Å². The number of aryl methyl sites for hydroxylation is 2. The number of nitrogens with zero attached hydrogens (tertiary/aromatic N) is 1. The lowest BCUT2D eigenvalue weighted by Gasteiger charge is -2.14. The number of benzene rings is 1. The van der Waals surface area contributed by atoms with Crippen LogP contribution in [0.1, 0.15) is 18.1 Å². The number of rotatable bonds is 6. The van der Waals surface area contributed by atoms with Crippen molar-refractivity contribution in [3.63, 3.8) is 0 Å². The number of hydrogen-bond donors (Lipinski definition) is 1. The van der Waals surface area contributed by atoms with Crippen LogP contribution in [0, 0.1) is 13.8 Å². The fourth-order valence-corrected chi connectivity index (χ4v) is 2.23. The van der Waals surface area contributed by atoms with E-state index in [0.717, 1.165) is 11.1 Å². The van der Waals surface area contributed by atoms with Crippen molar-refractivity contribution in [2.75, 3.05) is 11.9 Å². The van der Waals surface area contributed by atoms with Gasteiger partial charge >= 0.3 is 5.97 Å². The van der Waals surface area contributed by atoms with Crippen LogP contribution in [0.2, 0.25) is 5.02 Å². The number of pyridine rings is 1. The van der Waals surface area contributed by atoms with Crippen LogP contribution < -0.4 is 10.1 Å². The molecule has 0 spiro atoms. The first kappa shape index (κ1) is 18.7. The SMILES string of the molecule is Cc1cc(C)cc(OCC(=O)O[C@H](C)C(=O)Nc2ccc(Cl)cn2)c1. The van der Waals surface area contributed by atoms with Crippen molar-refractivity contribution in [2.24, 2.45) is 0 Å². The average Bonchev–Trinajstić information content (AvgIpc) is 2.54. The molecule has 2 rings (SSSR count). The van der Waals surface area contributed by atoms with E-state index in [1.807, 2.05) is 32.0 Å². The average molecular weight is 363 g/mol. The van der Waals surface area contributed by atoms with Crippen molar-refractivity contribution in [1.82, 2.24) is 4.98 Å². The molecule has 7 heteroatoms. The number of anilines is 1. The van der Waals surface area contributed by atoms with Crippen molar-refractivity contribution in [2.45, 2.75) is 26.9 Å². The molecule has 25 heavy (non-hydrogen) atoms. The highest BCUT2D eigenvalue weighted by atomic mass is 35.5. The number of amides is 1. The molecule has 1 aromatic carbocycles. The van der Waals surface area contributed by atoms with Crippen LogP contribution in [0.3, 0.4) is 0 Å². The van der Waals surface area contributed by atoms with Crippen LogP contribution in [0.5, 0.6) is 5.75 Å². The topological polar surface area (TPSA) is 77.5 Å². The normalized spacial score (nSPS) is 11.5. The minimum atomic E-state index is -0.979. The summed E-state index contributed by atoms with van der Waals surface area (Å²) in [4.78, 5) is 27.8. The molecule has 2 aromatic rings. The molecule has 0 aliphatic carbocycles. The van der Waals surface area contributed by atoms with Gasteiger partial charge in [0, 0.05) is 6.20 Å². The van der Waals surface area contributed by atoms with Gasteiger partial charge in [-0.15, -0.1) is 0 Å². The molecule has 0 fully saturated rings. The Kier molecular flexibility index (Phi) is 6.36. The number of hydrogen-bond acceptors (Lipinski definition) is 5. The minimum absolute atomic E-state index is 0.278. The number of nitrogens with one attached hydrogen (secondary N) is 1. The maximum Gasteiger partial charge on any atom is 0.344 e. The molecule has 0 aliphatic heterocycles. The van der Waals surface area contributed by atoms with Gasteiger partial charge in [-0.1, -0.05) is 17.7 Å². The highest BCUT2D eigenvalue weighted by molar-refractivity contribution is 6.30. The second kappa shape index (κ2) is 8.48. The van der Waals surface area contributed by atoms with E-state index in [1.54, 1.807) is 12.1 Å². The van der Waals surface area contributed by atoms with Gasteiger partial charge in [-0.25, -0.2) is 9.78 Å². The molecule has 132 valence electrons. The maximum absolute atomic E-state index is 12.0. The molecule has 0 saturated heterocycles. The lowest BCUT2D eigenvalue weighted by Crippen LogP contribution is -2.31. The van der Waals surface area contributed by atoms with Gasteiger partial charge in [0.25, 0.3) is 5.91 Å². The summed E-state index contributed by atoms with van der Waals surface area (Å²) in [7, 11) is 0. The third-order valence-corrected chi connectivity index (χ3v) is 3.43. The summed E-state index contributed by atoms with van der Waals surface area (Å²) in [5.41, 5.74) is 2.07. The summed E-state index contributed by atoms with van der Waals surface area (Å²) in [6.07, 6.45) is 0.429. The van der Waals surface area contributed by atoms with Gasteiger partial charge in [-0.2, -0.15) is 0 Å². The van der Waals surface area contributed by atoms with Crippen molar-refractivity contribution >= 4 is 29.3 Å². The fraction of sp³-hybridized carbons (Fsp3) is 0.278. The van der Waals surface area contributed by atoms with Crippen molar-refractivity contribution in [3.05, 3.63) is 52.7 Å². The van der Waals surface area contributed by atoms with Crippen LogP contribution >= 0.6 is 11.6 Å². The number of esters is 1. The first-order valence-corrected chi connectivity index (χ1v) is 8.04. The van der Waals surface area contributed by atoms with E-state index in [1.165, 1.54) is 13.1 Å². The molecule has 1 heterocycles. The molecular weight excluding hydrogens is 344 g/mol. The fourth-order valence-electron chi connectivity index (χ4n) is 2.12. The van der Waals surface area contributed by atoms with Gasteiger partial charge in [0.05, 0.1) is 5.02 Å². The Labute approximate surface area is 151 Å². The van der Waals surface area contributed by atoms with Gasteiger partial charge in [0.15, 0.2) is 12.7 Å². The largest absolute Gasteiger partial charge is 0.482 e. The van der Waals surface area contributed by atoms with Crippen molar-refractivity contribution < 1.29 is 19.1 Å². The van der Waals surface area contributed by atoms with Crippen molar-refractivity contribution in [1.29, 1.82) is 0 Å². The van der Waals surface area contributed by atoms with Gasteiger partial charge in [-0.3, -0.25) is 4.79 Å². The number of aromatic nitrogens is 1. The quantitative estimate of drug-likeness (QED) is 0.798. The summed E-state index contributed by atoms with van der Waals surface area (Å²) in [6, 6.07) is 8.80. The van der Waals surface area contributed by atoms with Crippen LogP contribution in [0.15, 0.2) is 36.5 Å². The lowest BCUT2D eigenvalue weighted by molar-refractivity contribution is -0.155. The number of halogens is 1. The molecule has 0 aliphatic rings. The van der Waals surface area contributed by atoms with Crippen LogP contribution in [0.4, 0.5) is 5.82 Å². The lowest BCUT2D eigenvalue weighted by atomic mass is 10.1. The first-order valence-electron chi connectivity index (χ1n) is 7.66. The third-order valence-electron chi connectivity index (χ3n) is 3.21. The Morgan fingerprint density at radius 2 is 1.88 bits per heavy atom. The standard InChI is InChI=1S/C18H19ClN2O4/c1-11-6-12(2)8-15(7-11)24-10-17(22)25-13(3)18(23)21-16-5-4-14(19)9-20-16/h4-9,13H,10H2,1-3H3,(H,20,21,23)/t13-/m1/s1. The Balaban J connectivity index is 1.82. The van der Waals surface area contributed by atoms with Crippen LogP contribution in [0.25, 0.3) is 0 Å².